The van der Waals surface area contributed by atoms with Crippen LogP contribution in [0.4, 0.5) is 5.82 Å². The zero-order valence-corrected chi connectivity index (χ0v) is 18.6. The van der Waals surface area contributed by atoms with E-state index in [1.54, 1.807) is 6.20 Å². The largest absolute Gasteiger partial charge is 0.367 e. The first kappa shape index (κ1) is 20.5. The van der Waals surface area contributed by atoms with E-state index in [-0.39, 0.29) is 11.8 Å². The Bertz CT molecular complexity index is 1400. The number of imide groups is 1. The molecule has 1 saturated heterocycles. The van der Waals surface area contributed by atoms with Gasteiger partial charge < -0.3 is 5.32 Å². The van der Waals surface area contributed by atoms with Crippen LogP contribution in [0.3, 0.4) is 0 Å². The minimum atomic E-state index is -0.0993. The summed E-state index contributed by atoms with van der Waals surface area (Å²) in [6, 6.07) is 20.3. The Morgan fingerprint density at radius 2 is 1.71 bits per heavy atom. The molecule has 3 heterocycles. The molecule has 7 heteroatoms. The maximum atomic E-state index is 12.0. The molecular formula is C27H23N5O2. The molecule has 0 radical (unpaired) electrons. The lowest BCUT2D eigenvalue weighted by Crippen LogP contribution is -2.28. The summed E-state index contributed by atoms with van der Waals surface area (Å²) in [7, 11) is 0. The monoisotopic (exact) mass is 449 g/mol. The van der Waals surface area contributed by atoms with Gasteiger partial charge >= 0.3 is 0 Å². The summed E-state index contributed by atoms with van der Waals surface area (Å²) in [5.41, 5.74) is 4.57. The molecule has 0 atom stereocenters. The second kappa shape index (κ2) is 8.33. The molecule has 7 nitrogen and oxygen atoms in total. The van der Waals surface area contributed by atoms with Crippen molar-refractivity contribution < 1.29 is 9.59 Å². The van der Waals surface area contributed by atoms with Crippen molar-refractivity contribution in [3.63, 3.8) is 0 Å². The molecule has 1 N–H and O–H groups in total. The molecule has 1 saturated carbocycles. The molecule has 0 unspecified atom stereocenters. The molecule has 1 aliphatic carbocycles. The van der Waals surface area contributed by atoms with E-state index in [0.717, 1.165) is 51.9 Å². The number of hydrogen-bond acceptors (Lipinski definition) is 6. The fraction of sp³-hybridized carbons (Fsp3) is 0.222. The van der Waals surface area contributed by atoms with Gasteiger partial charge in [-0.3, -0.25) is 19.5 Å². The molecule has 34 heavy (non-hydrogen) atoms. The van der Waals surface area contributed by atoms with Gasteiger partial charge in [-0.05, 0) is 59.9 Å². The third kappa shape index (κ3) is 4.01. The lowest BCUT2D eigenvalue weighted by atomic mass is 10.0. The van der Waals surface area contributed by atoms with Gasteiger partial charge in [0.2, 0.25) is 11.8 Å². The molecule has 1 aliphatic heterocycles. The number of amides is 2. The van der Waals surface area contributed by atoms with E-state index in [0.29, 0.717) is 31.3 Å². The quantitative estimate of drug-likeness (QED) is 0.434. The standard InChI is InChI=1S/C27H23N5O2/c33-24-11-12-25(34)32(24)16-17-4-3-5-18(14-17)19-7-10-22-21(15-19)26(29-20-8-9-20)31-27(30-22)23-6-1-2-13-28-23/h1-7,10,13-15,20H,8-9,11-12,16H2,(H,29,30,31). The predicted molar refractivity (Wildman–Crippen MR) is 130 cm³/mol. The Kier molecular flexibility index (Phi) is 5.02. The van der Waals surface area contributed by atoms with Gasteiger partial charge in [-0.2, -0.15) is 0 Å². The van der Waals surface area contributed by atoms with E-state index in [2.05, 4.69) is 16.4 Å². The van der Waals surface area contributed by atoms with Crippen molar-refractivity contribution in [1.82, 2.24) is 19.9 Å². The van der Waals surface area contributed by atoms with E-state index in [1.807, 2.05) is 54.6 Å². The highest BCUT2D eigenvalue weighted by Gasteiger charge is 2.28. The number of carbonyl (C=O) groups is 2. The number of benzene rings is 2. The summed E-state index contributed by atoms with van der Waals surface area (Å²) < 4.78 is 0. The summed E-state index contributed by atoms with van der Waals surface area (Å²) >= 11 is 0. The Balaban J connectivity index is 1.38. The Morgan fingerprint density at radius 3 is 2.47 bits per heavy atom. The van der Waals surface area contributed by atoms with Gasteiger partial charge in [0.05, 0.1) is 12.1 Å². The molecule has 2 aromatic carbocycles. The topological polar surface area (TPSA) is 88.1 Å². The van der Waals surface area contributed by atoms with Gasteiger partial charge in [-0.1, -0.05) is 30.3 Å². The maximum absolute atomic E-state index is 12.0. The van der Waals surface area contributed by atoms with E-state index in [4.69, 9.17) is 9.97 Å². The fourth-order valence-electron chi connectivity index (χ4n) is 4.28. The molecule has 168 valence electrons. The number of carbonyl (C=O) groups excluding carboxylic acids is 2. The fourth-order valence-corrected chi connectivity index (χ4v) is 4.28. The predicted octanol–water partition coefficient (Wildman–Crippen LogP) is 4.58. The number of pyridine rings is 1. The van der Waals surface area contributed by atoms with Crippen LogP contribution in [0, 0.1) is 0 Å². The average Bonchev–Trinajstić information content (AvgIpc) is 3.64. The molecule has 2 amide bonds. The van der Waals surface area contributed by atoms with Gasteiger partial charge in [-0.15, -0.1) is 0 Å². The van der Waals surface area contributed by atoms with E-state index in [1.165, 1.54) is 4.90 Å². The van der Waals surface area contributed by atoms with Crippen molar-refractivity contribution in [2.24, 2.45) is 0 Å². The minimum Gasteiger partial charge on any atom is -0.367 e. The molecule has 0 bridgehead atoms. The van der Waals surface area contributed by atoms with Crippen LogP contribution < -0.4 is 5.32 Å². The van der Waals surface area contributed by atoms with Crippen molar-refractivity contribution in [1.29, 1.82) is 0 Å². The van der Waals surface area contributed by atoms with Crippen molar-refractivity contribution in [2.45, 2.75) is 38.3 Å². The van der Waals surface area contributed by atoms with Gasteiger partial charge in [0, 0.05) is 30.5 Å². The third-order valence-electron chi connectivity index (χ3n) is 6.26. The number of anilines is 1. The van der Waals surface area contributed by atoms with Crippen LogP contribution in [0.25, 0.3) is 33.5 Å². The SMILES string of the molecule is O=C1CCC(=O)N1Cc1cccc(-c2ccc3nc(-c4ccccn4)nc(NC4CC4)c3c2)c1. The van der Waals surface area contributed by atoms with E-state index >= 15 is 0 Å². The molecule has 6 rings (SSSR count). The van der Waals surface area contributed by atoms with Crippen LogP contribution in [-0.2, 0) is 16.1 Å². The van der Waals surface area contributed by atoms with Crippen LogP contribution in [0.5, 0.6) is 0 Å². The second-order valence-corrected chi connectivity index (χ2v) is 8.84. The number of hydrogen-bond donors (Lipinski definition) is 1. The zero-order chi connectivity index (χ0) is 23.1. The smallest absolute Gasteiger partial charge is 0.229 e. The number of likely N-dealkylation sites (tertiary alicyclic amines) is 1. The lowest BCUT2D eigenvalue weighted by molar-refractivity contribution is -0.139. The van der Waals surface area contributed by atoms with Gasteiger partial charge in [0.1, 0.15) is 11.5 Å². The van der Waals surface area contributed by atoms with E-state index < -0.39 is 0 Å². The van der Waals surface area contributed by atoms with Crippen LogP contribution in [0.2, 0.25) is 0 Å². The zero-order valence-electron chi connectivity index (χ0n) is 18.6. The highest BCUT2D eigenvalue weighted by atomic mass is 16.2. The Hall–Kier alpha value is -4.13. The molecule has 4 aromatic rings. The van der Waals surface area contributed by atoms with Gasteiger partial charge in [-0.25, -0.2) is 9.97 Å². The van der Waals surface area contributed by atoms with Gasteiger partial charge in [0.25, 0.3) is 0 Å². The van der Waals surface area contributed by atoms with Gasteiger partial charge in [0.15, 0.2) is 5.82 Å². The molecule has 2 aliphatic rings. The first-order chi connectivity index (χ1) is 16.6. The van der Waals surface area contributed by atoms with Crippen molar-refractivity contribution in [2.75, 3.05) is 5.32 Å². The number of nitrogens with zero attached hydrogens (tertiary/aromatic N) is 4. The highest BCUT2D eigenvalue weighted by Crippen LogP contribution is 2.33. The van der Waals surface area contributed by atoms with Crippen molar-refractivity contribution in [3.05, 3.63) is 72.4 Å². The molecule has 2 fully saturated rings. The molecular weight excluding hydrogens is 426 g/mol. The number of nitrogens with one attached hydrogen (secondary N) is 1. The normalized spacial score (nSPS) is 15.8. The number of fused-ring (bicyclic) bond motifs is 1. The molecule has 2 aromatic heterocycles. The maximum Gasteiger partial charge on any atom is 0.229 e. The number of rotatable bonds is 6. The van der Waals surface area contributed by atoms with Crippen molar-refractivity contribution in [3.8, 4) is 22.6 Å². The first-order valence-electron chi connectivity index (χ1n) is 11.6. The Labute approximate surface area is 196 Å². The van der Waals surface area contributed by atoms with Crippen LogP contribution in [-0.4, -0.2) is 37.7 Å². The van der Waals surface area contributed by atoms with Crippen LogP contribution in [0.1, 0.15) is 31.2 Å². The average molecular weight is 450 g/mol. The first-order valence-corrected chi connectivity index (χ1v) is 11.6. The highest BCUT2D eigenvalue weighted by molar-refractivity contribution is 6.01. The lowest BCUT2D eigenvalue weighted by Gasteiger charge is -2.15. The minimum absolute atomic E-state index is 0.0993. The summed E-state index contributed by atoms with van der Waals surface area (Å²) in [5.74, 6) is 1.22. The summed E-state index contributed by atoms with van der Waals surface area (Å²) in [4.78, 5) is 39.4. The summed E-state index contributed by atoms with van der Waals surface area (Å²) in [6.45, 7) is 0.310. The van der Waals surface area contributed by atoms with Crippen LogP contribution >= 0.6 is 0 Å². The van der Waals surface area contributed by atoms with Crippen molar-refractivity contribution >= 4 is 28.5 Å². The summed E-state index contributed by atoms with van der Waals surface area (Å²) in [5, 5.41) is 4.51. The van der Waals surface area contributed by atoms with E-state index in [9.17, 15) is 9.59 Å². The summed E-state index contributed by atoms with van der Waals surface area (Å²) in [6.07, 6.45) is 4.64. The second-order valence-electron chi connectivity index (χ2n) is 8.84. The van der Waals surface area contributed by atoms with Crippen LogP contribution in [0.15, 0.2) is 66.9 Å². The molecule has 0 spiro atoms. The Morgan fingerprint density at radius 1 is 0.882 bits per heavy atom. The third-order valence-corrected chi connectivity index (χ3v) is 6.26. The number of aromatic nitrogens is 3.